The van der Waals surface area contributed by atoms with E-state index in [1.165, 1.54) is 24.4 Å². The Labute approximate surface area is 167 Å². The van der Waals surface area contributed by atoms with Crippen molar-refractivity contribution >= 4 is 32.6 Å². The van der Waals surface area contributed by atoms with E-state index in [1.54, 1.807) is 12.1 Å². The Morgan fingerprint density at radius 3 is 2.48 bits per heavy atom. The van der Waals surface area contributed by atoms with Gasteiger partial charge in [-0.15, -0.1) is 0 Å². The highest BCUT2D eigenvalue weighted by atomic mass is 32.2. The van der Waals surface area contributed by atoms with Crippen LogP contribution in [0.1, 0.15) is 11.1 Å². The second-order valence-corrected chi connectivity index (χ2v) is 8.49. The zero-order chi connectivity index (χ0) is 20.8. The number of fused-ring (bicyclic) bond motifs is 1. The Morgan fingerprint density at radius 2 is 1.79 bits per heavy atom. The van der Waals surface area contributed by atoms with Crippen LogP contribution in [0.5, 0.6) is 5.75 Å². The van der Waals surface area contributed by atoms with Crippen molar-refractivity contribution in [2.75, 3.05) is 10.5 Å². The van der Waals surface area contributed by atoms with Gasteiger partial charge in [-0.3, -0.25) is 4.72 Å². The number of rotatable bonds is 4. The van der Waals surface area contributed by atoms with Gasteiger partial charge >= 0.3 is 0 Å². The first-order chi connectivity index (χ1) is 13.7. The van der Waals surface area contributed by atoms with Crippen LogP contribution in [0.25, 0.3) is 22.4 Å². The predicted molar refractivity (Wildman–Crippen MR) is 112 cm³/mol. The normalized spacial score (nSPS) is 11.7. The largest absolute Gasteiger partial charge is 0.507 e. The van der Waals surface area contributed by atoms with Crippen molar-refractivity contribution in [2.24, 2.45) is 0 Å². The maximum absolute atomic E-state index is 12.7. The lowest BCUT2D eigenvalue weighted by Crippen LogP contribution is -2.14. The van der Waals surface area contributed by atoms with E-state index >= 15 is 0 Å². The van der Waals surface area contributed by atoms with E-state index in [4.69, 9.17) is 5.73 Å². The molecule has 0 aliphatic rings. The van der Waals surface area contributed by atoms with Crippen LogP contribution < -0.4 is 10.5 Å². The average Bonchev–Trinajstić information content (AvgIpc) is 3.08. The molecule has 148 valence electrons. The number of benzene rings is 2. The number of anilines is 2. The summed E-state index contributed by atoms with van der Waals surface area (Å²) < 4.78 is 27.8. The minimum absolute atomic E-state index is 0.0718. The van der Waals surface area contributed by atoms with Crippen molar-refractivity contribution in [1.29, 1.82) is 0 Å². The van der Waals surface area contributed by atoms with Gasteiger partial charge < -0.3 is 15.8 Å². The minimum atomic E-state index is -3.84. The lowest BCUT2D eigenvalue weighted by Gasteiger charge is -2.07. The van der Waals surface area contributed by atoms with Gasteiger partial charge in [-0.25, -0.2) is 18.4 Å². The number of nitrogens with one attached hydrogen (secondary N) is 2. The molecule has 2 aromatic carbocycles. The summed E-state index contributed by atoms with van der Waals surface area (Å²) in [6.07, 6.45) is 1.43. The fourth-order valence-electron chi connectivity index (χ4n) is 3.08. The van der Waals surface area contributed by atoms with Gasteiger partial charge in [0.1, 0.15) is 17.4 Å². The first kappa shape index (κ1) is 18.8. The van der Waals surface area contributed by atoms with Crippen molar-refractivity contribution in [1.82, 2.24) is 15.0 Å². The van der Waals surface area contributed by atoms with E-state index in [2.05, 4.69) is 19.7 Å². The third-order valence-electron chi connectivity index (χ3n) is 4.55. The lowest BCUT2D eigenvalue weighted by molar-refractivity contribution is 0.467. The van der Waals surface area contributed by atoms with E-state index in [1.807, 2.05) is 26.0 Å². The Balaban J connectivity index is 1.72. The molecular formula is C20H19N5O3S. The van der Waals surface area contributed by atoms with Gasteiger partial charge in [0.15, 0.2) is 0 Å². The van der Waals surface area contributed by atoms with E-state index in [0.29, 0.717) is 22.5 Å². The van der Waals surface area contributed by atoms with Crippen LogP contribution in [0.2, 0.25) is 0 Å². The molecule has 0 saturated carbocycles. The summed E-state index contributed by atoms with van der Waals surface area (Å²) in [7, 11) is -3.84. The zero-order valence-corrected chi connectivity index (χ0v) is 16.6. The van der Waals surface area contributed by atoms with Crippen molar-refractivity contribution in [3.8, 4) is 17.1 Å². The number of nitrogens with two attached hydrogens (primary N) is 1. The molecule has 0 spiro atoms. The van der Waals surface area contributed by atoms with Crippen LogP contribution in [0.4, 0.5) is 11.5 Å². The molecule has 0 aliphatic heterocycles. The highest BCUT2D eigenvalue weighted by Gasteiger charge is 2.17. The lowest BCUT2D eigenvalue weighted by atomic mass is 10.1. The molecule has 2 aromatic heterocycles. The smallest absolute Gasteiger partial charge is 0.263 e. The van der Waals surface area contributed by atoms with Gasteiger partial charge in [0.2, 0.25) is 0 Å². The summed E-state index contributed by atoms with van der Waals surface area (Å²) in [5, 5.41) is 9.96. The third-order valence-corrected chi connectivity index (χ3v) is 5.90. The molecule has 0 atom stereocenters. The van der Waals surface area contributed by atoms with Crippen molar-refractivity contribution in [2.45, 2.75) is 18.7 Å². The maximum atomic E-state index is 12.7. The number of hydrogen-bond donors (Lipinski definition) is 4. The summed E-state index contributed by atoms with van der Waals surface area (Å²) in [6, 6.07) is 11.3. The Morgan fingerprint density at radius 1 is 1.07 bits per heavy atom. The Kier molecular flexibility index (Phi) is 4.39. The maximum Gasteiger partial charge on any atom is 0.263 e. The molecule has 4 rings (SSSR count). The van der Waals surface area contributed by atoms with E-state index in [0.717, 1.165) is 16.7 Å². The molecule has 2 heterocycles. The number of sulfonamides is 1. The highest BCUT2D eigenvalue weighted by molar-refractivity contribution is 7.92. The molecular weight excluding hydrogens is 390 g/mol. The number of phenolic OH excluding ortho intramolecular Hbond substituents is 1. The molecule has 0 radical (unpaired) electrons. The molecule has 0 bridgehead atoms. The molecule has 5 N–H and O–H groups in total. The Bertz CT molecular complexity index is 1320. The van der Waals surface area contributed by atoms with Crippen molar-refractivity contribution in [3.63, 3.8) is 0 Å². The first-order valence-electron chi connectivity index (χ1n) is 8.77. The molecule has 4 aromatic rings. The quantitative estimate of drug-likeness (QED) is 0.408. The van der Waals surface area contributed by atoms with E-state index < -0.39 is 10.0 Å². The molecule has 0 fully saturated rings. The number of pyridine rings is 1. The average molecular weight is 409 g/mol. The molecule has 0 unspecified atom stereocenters. The Hall–Kier alpha value is -3.59. The van der Waals surface area contributed by atoms with Crippen LogP contribution in [0, 0.1) is 13.8 Å². The highest BCUT2D eigenvalue weighted by Crippen LogP contribution is 2.29. The molecule has 0 saturated heterocycles. The summed E-state index contributed by atoms with van der Waals surface area (Å²) in [4.78, 5) is 11.7. The summed E-state index contributed by atoms with van der Waals surface area (Å²) in [6.45, 7) is 3.63. The van der Waals surface area contributed by atoms with Crippen molar-refractivity contribution in [3.05, 3.63) is 59.8 Å². The summed E-state index contributed by atoms with van der Waals surface area (Å²) in [5.41, 5.74) is 9.57. The number of aromatic amines is 1. The molecule has 0 amide bonds. The summed E-state index contributed by atoms with van der Waals surface area (Å²) in [5.74, 6) is 0.983. The van der Waals surface area contributed by atoms with Crippen LogP contribution in [-0.2, 0) is 10.0 Å². The van der Waals surface area contributed by atoms with Gasteiger partial charge in [0.25, 0.3) is 10.0 Å². The number of imidazole rings is 1. The van der Waals surface area contributed by atoms with E-state index in [-0.39, 0.29) is 16.5 Å². The van der Waals surface area contributed by atoms with Crippen LogP contribution in [0.15, 0.2) is 53.6 Å². The number of aromatic nitrogens is 3. The number of nitrogens with zero attached hydrogens (tertiary/aromatic N) is 2. The van der Waals surface area contributed by atoms with Crippen LogP contribution in [-0.4, -0.2) is 28.5 Å². The third kappa shape index (κ3) is 3.59. The van der Waals surface area contributed by atoms with Gasteiger partial charge in [0, 0.05) is 23.5 Å². The van der Waals surface area contributed by atoms with Crippen LogP contribution >= 0.6 is 0 Å². The number of nitrogen functional groups attached to an aromatic ring is 1. The van der Waals surface area contributed by atoms with Gasteiger partial charge in [0.05, 0.1) is 15.9 Å². The standard InChI is InChI=1S/C20H19N5O3S/c1-11-7-13(8-12(2)19(11)26)20-23-16-4-3-15(10-17(16)24-20)29(27,28)25-18-9-14(21)5-6-22-18/h3-10,26H,1-2H3,(H,23,24)(H3,21,22,25). The zero-order valence-electron chi connectivity index (χ0n) is 15.8. The topological polar surface area (TPSA) is 134 Å². The molecule has 8 nitrogen and oxygen atoms in total. The van der Waals surface area contributed by atoms with Crippen LogP contribution in [0.3, 0.4) is 0 Å². The predicted octanol–water partition coefficient (Wildman–Crippen LogP) is 3.33. The SMILES string of the molecule is Cc1cc(-c2nc3ccc(S(=O)(=O)Nc4cc(N)ccn4)cc3[nH]2)cc(C)c1O. The number of H-pyrrole nitrogens is 1. The van der Waals surface area contributed by atoms with Gasteiger partial charge in [-0.05, 0) is 61.4 Å². The number of hydrogen-bond acceptors (Lipinski definition) is 6. The van der Waals surface area contributed by atoms with Gasteiger partial charge in [-0.1, -0.05) is 0 Å². The number of phenols is 1. The minimum Gasteiger partial charge on any atom is -0.507 e. The van der Waals surface area contributed by atoms with Gasteiger partial charge in [-0.2, -0.15) is 0 Å². The molecule has 9 heteroatoms. The van der Waals surface area contributed by atoms with E-state index in [9.17, 15) is 13.5 Å². The molecule has 0 aliphatic carbocycles. The van der Waals surface area contributed by atoms with Crippen molar-refractivity contribution < 1.29 is 13.5 Å². The first-order valence-corrected chi connectivity index (χ1v) is 10.3. The molecule has 29 heavy (non-hydrogen) atoms. The second kappa shape index (κ2) is 6.78. The number of aromatic hydroxyl groups is 1. The summed E-state index contributed by atoms with van der Waals surface area (Å²) >= 11 is 0. The fraction of sp³-hybridized carbons (Fsp3) is 0.100. The fourth-order valence-corrected chi connectivity index (χ4v) is 4.11. The second-order valence-electron chi connectivity index (χ2n) is 6.80. The monoisotopic (exact) mass is 409 g/mol. The number of aryl methyl sites for hydroxylation is 2.